The smallest absolute Gasteiger partial charge is 0.138 e. The van der Waals surface area contributed by atoms with Crippen molar-refractivity contribution in [1.29, 1.82) is 0 Å². The van der Waals surface area contributed by atoms with Crippen LogP contribution in [0.15, 0.2) is 65.3 Å². The normalized spacial score (nSPS) is 11.1. The zero-order chi connectivity index (χ0) is 14.2. The van der Waals surface area contributed by atoms with E-state index in [2.05, 4.69) is 47.2 Å². The molecule has 0 bridgehead atoms. The Bertz CT molecular complexity index is 887. The molecule has 1 N–H and O–H groups in total. The van der Waals surface area contributed by atoms with Gasteiger partial charge in [-0.3, -0.25) is 0 Å². The molecule has 0 aliphatic rings. The van der Waals surface area contributed by atoms with Crippen LogP contribution in [0.2, 0.25) is 0 Å². The minimum Gasteiger partial charge on any atom is -0.464 e. The van der Waals surface area contributed by atoms with E-state index in [4.69, 9.17) is 4.42 Å². The minimum absolute atomic E-state index is 0.864. The van der Waals surface area contributed by atoms with Crippen molar-refractivity contribution in [2.24, 2.45) is 0 Å². The van der Waals surface area contributed by atoms with Crippen LogP contribution in [0.5, 0.6) is 0 Å². The highest BCUT2D eigenvalue weighted by Gasteiger charge is 2.07. The third-order valence-corrected chi connectivity index (χ3v) is 3.61. The number of nitrogens with zero attached hydrogens (tertiary/aromatic N) is 1. The van der Waals surface area contributed by atoms with Gasteiger partial charge in [0.2, 0.25) is 0 Å². The van der Waals surface area contributed by atoms with E-state index in [9.17, 15) is 0 Å². The second-order valence-electron chi connectivity index (χ2n) is 5.16. The lowest BCUT2D eigenvalue weighted by atomic mass is 10.1. The molecule has 2 aromatic heterocycles. The fourth-order valence-electron chi connectivity index (χ4n) is 2.45. The highest BCUT2D eigenvalue weighted by atomic mass is 16.3. The molecule has 0 atom stereocenters. The molecule has 2 heterocycles. The summed E-state index contributed by atoms with van der Waals surface area (Å²) in [5.41, 5.74) is 5.36. The Labute approximate surface area is 122 Å². The second-order valence-corrected chi connectivity index (χ2v) is 5.16. The summed E-state index contributed by atoms with van der Waals surface area (Å²) in [6, 6.07) is 18.3. The van der Waals surface area contributed by atoms with E-state index < -0.39 is 0 Å². The molecular weight excluding hydrogens is 260 g/mol. The average Bonchev–Trinajstić information content (AvgIpc) is 3.16. The Morgan fingerprint density at radius 2 is 1.76 bits per heavy atom. The first-order valence-corrected chi connectivity index (χ1v) is 6.90. The lowest BCUT2D eigenvalue weighted by Crippen LogP contribution is -1.80. The maximum atomic E-state index is 5.44. The number of imidazole rings is 1. The zero-order valence-electron chi connectivity index (χ0n) is 11.6. The number of H-pyrrole nitrogens is 1. The zero-order valence-corrected chi connectivity index (χ0v) is 11.6. The van der Waals surface area contributed by atoms with Gasteiger partial charge in [-0.2, -0.15) is 0 Å². The van der Waals surface area contributed by atoms with Crippen LogP contribution >= 0.6 is 0 Å². The molecule has 0 saturated carbocycles. The van der Waals surface area contributed by atoms with E-state index in [0.29, 0.717) is 0 Å². The van der Waals surface area contributed by atoms with Gasteiger partial charge in [0.05, 0.1) is 17.3 Å². The molecule has 4 aromatic rings. The van der Waals surface area contributed by atoms with E-state index in [0.717, 1.165) is 33.7 Å². The van der Waals surface area contributed by atoms with E-state index >= 15 is 0 Å². The standard InChI is InChI=1S/C18H14N2O/c1-12-4-6-13(7-5-12)18-19-15-9-8-14(11-16(15)20-18)17-3-2-10-21-17/h2-11H,1H3,(H,19,20). The molecule has 0 fully saturated rings. The number of fused-ring (bicyclic) bond motifs is 1. The summed E-state index contributed by atoms with van der Waals surface area (Å²) >= 11 is 0. The number of rotatable bonds is 2. The van der Waals surface area contributed by atoms with Gasteiger partial charge < -0.3 is 9.40 Å². The van der Waals surface area contributed by atoms with Crippen LogP contribution in [-0.2, 0) is 0 Å². The second kappa shape index (κ2) is 4.63. The molecule has 2 aromatic carbocycles. The Morgan fingerprint density at radius 3 is 2.52 bits per heavy atom. The highest BCUT2D eigenvalue weighted by Crippen LogP contribution is 2.26. The van der Waals surface area contributed by atoms with Crippen molar-refractivity contribution in [3.8, 4) is 22.7 Å². The van der Waals surface area contributed by atoms with Crippen molar-refractivity contribution in [2.45, 2.75) is 6.92 Å². The third-order valence-electron chi connectivity index (χ3n) is 3.61. The molecule has 0 amide bonds. The van der Waals surface area contributed by atoms with Crippen LogP contribution in [0, 0.1) is 6.92 Å². The molecule has 21 heavy (non-hydrogen) atoms. The number of aromatic nitrogens is 2. The Balaban J connectivity index is 1.81. The van der Waals surface area contributed by atoms with Crippen LogP contribution in [0.3, 0.4) is 0 Å². The highest BCUT2D eigenvalue weighted by molar-refractivity contribution is 5.83. The van der Waals surface area contributed by atoms with Crippen LogP contribution in [0.4, 0.5) is 0 Å². The van der Waals surface area contributed by atoms with Crippen LogP contribution in [0.25, 0.3) is 33.7 Å². The topological polar surface area (TPSA) is 41.8 Å². The monoisotopic (exact) mass is 274 g/mol. The van der Waals surface area contributed by atoms with Gasteiger partial charge in [-0.1, -0.05) is 29.8 Å². The van der Waals surface area contributed by atoms with E-state index in [-0.39, 0.29) is 0 Å². The van der Waals surface area contributed by atoms with Crippen molar-refractivity contribution in [2.75, 3.05) is 0 Å². The van der Waals surface area contributed by atoms with Gasteiger partial charge in [-0.25, -0.2) is 4.98 Å². The molecule has 3 nitrogen and oxygen atoms in total. The fourth-order valence-corrected chi connectivity index (χ4v) is 2.45. The first kappa shape index (κ1) is 12.0. The summed E-state index contributed by atoms with van der Waals surface area (Å²) in [4.78, 5) is 8.03. The maximum Gasteiger partial charge on any atom is 0.138 e. The minimum atomic E-state index is 0.864. The first-order valence-electron chi connectivity index (χ1n) is 6.90. The van der Waals surface area contributed by atoms with Gasteiger partial charge >= 0.3 is 0 Å². The molecule has 0 unspecified atom stereocenters. The van der Waals surface area contributed by atoms with E-state index in [1.807, 2.05) is 24.3 Å². The summed E-state index contributed by atoms with van der Waals surface area (Å²) in [5, 5.41) is 0. The average molecular weight is 274 g/mol. The van der Waals surface area contributed by atoms with Gasteiger partial charge in [-0.15, -0.1) is 0 Å². The molecule has 4 rings (SSSR count). The van der Waals surface area contributed by atoms with E-state index in [1.54, 1.807) is 6.26 Å². The molecule has 3 heteroatoms. The number of benzene rings is 2. The van der Waals surface area contributed by atoms with Gasteiger partial charge in [0, 0.05) is 11.1 Å². The fraction of sp³-hybridized carbons (Fsp3) is 0.0556. The number of hydrogen-bond donors (Lipinski definition) is 1. The third kappa shape index (κ3) is 2.13. The number of hydrogen-bond acceptors (Lipinski definition) is 2. The first-order chi connectivity index (χ1) is 10.3. The Morgan fingerprint density at radius 1 is 0.952 bits per heavy atom. The van der Waals surface area contributed by atoms with Crippen LogP contribution in [0.1, 0.15) is 5.56 Å². The number of aryl methyl sites for hydroxylation is 1. The maximum absolute atomic E-state index is 5.44. The Hall–Kier alpha value is -2.81. The van der Waals surface area contributed by atoms with Gasteiger partial charge in [0.15, 0.2) is 0 Å². The summed E-state index contributed by atoms with van der Waals surface area (Å²) in [6.45, 7) is 2.08. The van der Waals surface area contributed by atoms with Crippen molar-refractivity contribution in [1.82, 2.24) is 9.97 Å². The lowest BCUT2D eigenvalue weighted by molar-refractivity contribution is 0.582. The van der Waals surface area contributed by atoms with Crippen LogP contribution in [-0.4, -0.2) is 9.97 Å². The summed E-state index contributed by atoms with van der Waals surface area (Å²) < 4.78 is 5.44. The number of nitrogens with one attached hydrogen (secondary N) is 1. The molecule has 0 spiro atoms. The summed E-state index contributed by atoms with van der Waals surface area (Å²) in [6.07, 6.45) is 1.68. The lowest BCUT2D eigenvalue weighted by Gasteiger charge is -1.96. The summed E-state index contributed by atoms with van der Waals surface area (Å²) in [5.74, 6) is 1.75. The summed E-state index contributed by atoms with van der Waals surface area (Å²) in [7, 11) is 0. The predicted octanol–water partition coefficient (Wildman–Crippen LogP) is 4.80. The largest absolute Gasteiger partial charge is 0.464 e. The van der Waals surface area contributed by atoms with E-state index in [1.165, 1.54) is 5.56 Å². The molecule has 102 valence electrons. The molecule has 0 aliphatic heterocycles. The molecule has 0 saturated heterocycles. The predicted molar refractivity (Wildman–Crippen MR) is 84.0 cm³/mol. The molecule has 0 radical (unpaired) electrons. The Kier molecular flexibility index (Phi) is 2.64. The van der Waals surface area contributed by atoms with Gasteiger partial charge in [-0.05, 0) is 37.3 Å². The SMILES string of the molecule is Cc1ccc(-c2nc3ccc(-c4ccco4)cc3[nH]2)cc1. The van der Waals surface area contributed by atoms with Gasteiger partial charge in [0.1, 0.15) is 11.6 Å². The number of aromatic amines is 1. The number of furan rings is 1. The van der Waals surface area contributed by atoms with Crippen molar-refractivity contribution < 1.29 is 4.42 Å². The quantitative estimate of drug-likeness (QED) is 0.570. The van der Waals surface area contributed by atoms with Crippen molar-refractivity contribution >= 4 is 11.0 Å². The van der Waals surface area contributed by atoms with Crippen molar-refractivity contribution in [3.63, 3.8) is 0 Å². The molecular formula is C18H14N2O. The molecule has 0 aliphatic carbocycles. The van der Waals surface area contributed by atoms with Gasteiger partial charge in [0.25, 0.3) is 0 Å². The van der Waals surface area contributed by atoms with Crippen LogP contribution < -0.4 is 0 Å². The van der Waals surface area contributed by atoms with Crippen molar-refractivity contribution in [3.05, 3.63) is 66.4 Å².